The lowest BCUT2D eigenvalue weighted by molar-refractivity contribution is -0.126. The summed E-state index contributed by atoms with van der Waals surface area (Å²) in [6.45, 7) is 11.1. The third kappa shape index (κ3) is 10.6. The van der Waals surface area contributed by atoms with E-state index in [1.165, 1.54) is 16.4 Å². The number of carbonyl (C=O) groups excluding carboxylic acids is 1. The van der Waals surface area contributed by atoms with Gasteiger partial charge in [0.2, 0.25) is 5.91 Å². The van der Waals surface area contributed by atoms with Crippen LogP contribution in [0.3, 0.4) is 0 Å². The van der Waals surface area contributed by atoms with Crippen molar-refractivity contribution in [2.75, 3.05) is 31.9 Å². The molecule has 4 fully saturated rings. The highest BCUT2D eigenvalue weighted by molar-refractivity contribution is 7.90. The molecule has 21 heteroatoms. The minimum Gasteiger partial charge on any atom is -0.381 e. The molecular formula is C52H64N10O9S2. The number of ether oxygens (including phenoxy) is 4. The average molecular weight is 1040 g/mol. The third-order valence-electron chi connectivity index (χ3n) is 15.0. The van der Waals surface area contributed by atoms with Crippen molar-refractivity contribution in [3.8, 4) is 0 Å². The van der Waals surface area contributed by atoms with Crippen molar-refractivity contribution >= 4 is 59.7 Å². The Morgan fingerprint density at radius 2 is 1.21 bits per heavy atom. The number of aryl methyl sites for hydroxylation is 2. The van der Waals surface area contributed by atoms with E-state index in [0.29, 0.717) is 40.5 Å². The molecule has 5 aromatic heterocycles. The Bertz CT molecular complexity index is 3280. The molecule has 1 amide bonds. The van der Waals surface area contributed by atoms with Crippen LogP contribution in [0.15, 0.2) is 95.2 Å². The molecule has 4 aliphatic rings. The SMILES string of the molecule is CCC1CC(OC2CCOCC2)CC1C(=O)NNc1cnc2c(ccn2S(=O)(=O)c2ccc(C)cc2)n1.CCC1CC(OC2CCOCC2)CC1c1nnc2cnc3c(ccn3S(=O)(=O)c3ccc(C)cc3)n12. The summed E-state index contributed by atoms with van der Waals surface area (Å²) in [5, 5.41) is 8.98. The predicted molar refractivity (Wildman–Crippen MR) is 273 cm³/mol. The van der Waals surface area contributed by atoms with E-state index in [0.717, 1.165) is 105 Å². The van der Waals surface area contributed by atoms with Gasteiger partial charge in [0.15, 0.2) is 22.8 Å². The molecule has 11 rings (SSSR count). The molecule has 2 aromatic carbocycles. The van der Waals surface area contributed by atoms with Gasteiger partial charge in [-0.2, -0.15) is 0 Å². The first-order valence-electron chi connectivity index (χ1n) is 25.5. The predicted octanol–water partition coefficient (Wildman–Crippen LogP) is 7.51. The van der Waals surface area contributed by atoms with Crippen LogP contribution in [0.1, 0.15) is 101 Å². The Balaban J connectivity index is 0.000000168. The highest BCUT2D eigenvalue weighted by Gasteiger charge is 2.41. The van der Waals surface area contributed by atoms with Crippen molar-refractivity contribution < 1.29 is 40.6 Å². The molecule has 0 radical (unpaired) electrons. The maximum atomic E-state index is 13.4. The maximum absolute atomic E-state index is 13.4. The molecule has 2 aliphatic heterocycles. The summed E-state index contributed by atoms with van der Waals surface area (Å²) in [4.78, 5) is 26.6. The fraction of sp³-hybridized carbons (Fsp3) is 0.500. The van der Waals surface area contributed by atoms with E-state index in [2.05, 4.69) is 49.8 Å². The highest BCUT2D eigenvalue weighted by atomic mass is 32.2. The van der Waals surface area contributed by atoms with Crippen molar-refractivity contribution in [1.29, 1.82) is 0 Å². The zero-order valence-corrected chi connectivity index (χ0v) is 43.3. The second-order valence-corrected chi connectivity index (χ2v) is 23.4. The molecule has 7 heterocycles. The van der Waals surface area contributed by atoms with E-state index < -0.39 is 20.0 Å². The van der Waals surface area contributed by atoms with E-state index >= 15 is 0 Å². The van der Waals surface area contributed by atoms with Crippen LogP contribution < -0.4 is 10.9 Å². The molecule has 388 valence electrons. The van der Waals surface area contributed by atoms with Gasteiger partial charge in [0.1, 0.15) is 11.3 Å². The summed E-state index contributed by atoms with van der Waals surface area (Å²) >= 11 is 0. The Hall–Kier alpha value is -5.84. The molecular weight excluding hydrogens is 973 g/mol. The molecule has 0 bridgehead atoms. The van der Waals surface area contributed by atoms with Gasteiger partial charge in [-0.05, 0) is 113 Å². The number of hydrogen-bond donors (Lipinski definition) is 2. The fourth-order valence-electron chi connectivity index (χ4n) is 11.0. The van der Waals surface area contributed by atoms with Crippen LogP contribution in [0.2, 0.25) is 0 Å². The summed E-state index contributed by atoms with van der Waals surface area (Å²) in [6, 6.07) is 16.9. The fourth-order valence-corrected chi connectivity index (χ4v) is 13.6. The van der Waals surface area contributed by atoms with Gasteiger partial charge in [-0.25, -0.2) is 39.7 Å². The quantitative estimate of drug-likeness (QED) is 0.101. The number of nitrogens with one attached hydrogen (secondary N) is 2. The molecule has 73 heavy (non-hydrogen) atoms. The van der Waals surface area contributed by atoms with E-state index in [4.69, 9.17) is 18.9 Å². The molecule has 2 saturated carbocycles. The number of aromatic nitrogens is 8. The standard InChI is InChI=1S/C26H33N5O5S.C26H31N5O4S/c1-3-18-14-20(36-19-9-12-35-13-10-19)15-22(18)26(32)30-29-24-16-27-25-23(28-24)8-11-31(25)37(33,34)21-6-4-17(2)5-7-21;1-3-18-14-20(35-19-9-12-34-13-10-19)15-22(18)25-29-28-24-16-27-26-23(31(24)25)8-11-30(26)36(32,33)21-6-4-17(2)5-7-21/h4-8,11,16,18-20,22H,3,9-10,12-15H2,1-2H3,(H,28,29)(H,30,32);4-8,11,16,18-20,22H,3,9-10,12-15H2,1-2H3. The normalized spacial score (nSPS) is 23.2. The molecule has 0 spiro atoms. The number of rotatable bonds is 14. The van der Waals surface area contributed by atoms with E-state index in [1.54, 1.807) is 73.1 Å². The first-order chi connectivity index (χ1) is 35.3. The van der Waals surface area contributed by atoms with Crippen LogP contribution >= 0.6 is 0 Å². The van der Waals surface area contributed by atoms with Crippen LogP contribution in [-0.4, -0.2) is 111 Å². The van der Waals surface area contributed by atoms with Gasteiger partial charge in [0.25, 0.3) is 20.0 Å². The van der Waals surface area contributed by atoms with Crippen molar-refractivity contribution in [3.05, 3.63) is 102 Å². The largest absolute Gasteiger partial charge is 0.381 e. The van der Waals surface area contributed by atoms with Crippen LogP contribution in [0.4, 0.5) is 5.82 Å². The molecule has 2 aliphatic carbocycles. The smallest absolute Gasteiger partial charge is 0.269 e. The van der Waals surface area contributed by atoms with Crippen molar-refractivity contribution in [2.24, 2.45) is 17.8 Å². The lowest BCUT2D eigenvalue weighted by Gasteiger charge is -2.25. The molecule has 2 saturated heterocycles. The summed E-state index contributed by atoms with van der Waals surface area (Å²) < 4.78 is 81.0. The van der Waals surface area contributed by atoms with Crippen LogP contribution in [0.25, 0.3) is 28.0 Å². The Labute approximate surface area is 425 Å². The number of hydrogen-bond acceptors (Lipinski definition) is 15. The number of benzene rings is 2. The van der Waals surface area contributed by atoms with Crippen molar-refractivity contribution in [3.63, 3.8) is 0 Å². The number of fused-ring (bicyclic) bond motifs is 4. The first-order valence-corrected chi connectivity index (χ1v) is 28.4. The molecule has 19 nitrogen and oxygen atoms in total. The Kier molecular flexibility index (Phi) is 15.0. The second-order valence-electron chi connectivity index (χ2n) is 19.8. The van der Waals surface area contributed by atoms with Crippen molar-refractivity contribution in [2.45, 2.75) is 132 Å². The van der Waals surface area contributed by atoms with Gasteiger partial charge >= 0.3 is 0 Å². The monoisotopic (exact) mass is 1040 g/mol. The number of nitrogens with zero attached hydrogens (tertiary/aromatic N) is 8. The molecule has 2 N–H and O–H groups in total. The Morgan fingerprint density at radius 3 is 1.81 bits per heavy atom. The van der Waals surface area contributed by atoms with E-state index in [1.807, 2.05) is 18.2 Å². The van der Waals surface area contributed by atoms with E-state index in [-0.39, 0.29) is 63.5 Å². The molecule has 6 atom stereocenters. The summed E-state index contributed by atoms with van der Waals surface area (Å²) in [7, 11) is -7.60. The summed E-state index contributed by atoms with van der Waals surface area (Å²) in [5.74, 6) is 1.77. The van der Waals surface area contributed by atoms with Gasteiger partial charge in [-0.15, -0.1) is 10.2 Å². The Morgan fingerprint density at radius 1 is 0.658 bits per heavy atom. The molecule has 6 unspecified atom stereocenters. The second kappa shape index (κ2) is 21.6. The first kappa shape index (κ1) is 50.7. The maximum Gasteiger partial charge on any atom is 0.269 e. The topological polar surface area (TPSA) is 225 Å². The van der Waals surface area contributed by atoms with Gasteiger partial charge in [0, 0.05) is 50.7 Å². The van der Waals surface area contributed by atoms with E-state index in [9.17, 15) is 21.6 Å². The summed E-state index contributed by atoms with van der Waals surface area (Å²) in [5.41, 5.74) is 9.87. The molecule has 7 aromatic rings. The zero-order valence-electron chi connectivity index (χ0n) is 41.7. The van der Waals surface area contributed by atoms with Gasteiger partial charge in [-0.1, -0.05) is 62.1 Å². The van der Waals surface area contributed by atoms with Crippen LogP contribution in [-0.2, 0) is 43.8 Å². The van der Waals surface area contributed by atoms with Crippen LogP contribution in [0.5, 0.6) is 0 Å². The minimum atomic E-state index is -3.81. The van der Waals surface area contributed by atoms with Gasteiger partial charge in [-0.3, -0.25) is 20.0 Å². The lowest BCUT2D eigenvalue weighted by Crippen LogP contribution is -2.37. The lowest BCUT2D eigenvalue weighted by atomic mass is 9.93. The number of amides is 1. The van der Waals surface area contributed by atoms with Crippen molar-refractivity contribution in [1.82, 2.24) is 42.9 Å². The minimum absolute atomic E-state index is 0.0789. The number of carbonyl (C=O) groups is 1. The average Bonchev–Trinajstić information content (AvgIpc) is 4.26. The third-order valence-corrected chi connectivity index (χ3v) is 18.4. The number of hydrazine groups is 1. The number of anilines is 1. The van der Waals surface area contributed by atoms with Gasteiger partial charge < -0.3 is 18.9 Å². The van der Waals surface area contributed by atoms with Gasteiger partial charge in [0.05, 0.1) is 52.1 Å². The van der Waals surface area contributed by atoms with Crippen LogP contribution in [0, 0.1) is 31.6 Å². The zero-order chi connectivity index (χ0) is 50.9. The highest BCUT2D eigenvalue weighted by Crippen LogP contribution is 2.44. The summed E-state index contributed by atoms with van der Waals surface area (Å²) in [6.07, 6.45) is 15.8.